The summed E-state index contributed by atoms with van der Waals surface area (Å²) in [7, 11) is -3.75. The molecule has 1 atom stereocenters. The largest absolute Gasteiger partial charge is 0.321 e. The standard InChI is InChI=1S/C19H23NO3S/c1-14(2)12-17(20)18(21)13-24(22,23)19-11-7-6-10-16(19)15-8-4-3-5-9-15/h3-11,14,17H,12-13,20H2,1-2H3/t17-/m0/s1. The lowest BCUT2D eigenvalue weighted by molar-refractivity contribution is -0.118. The summed E-state index contributed by atoms with van der Waals surface area (Å²) in [5, 5.41) is 0. The number of hydrogen-bond donors (Lipinski definition) is 1. The van der Waals surface area contributed by atoms with Gasteiger partial charge in [-0.1, -0.05) is 62.4 Å². The molecular weight excluding hydrogens is 322 g/mol. The van der Waals surface area contributed by atoms with Crippen molar-refractivity contribution in [2.45, 2.75) is 31.2 Å². The predicted octanol–water partition coefficient (Wildman–Crippen LogP) is 3.07. The van der Waals surface area contributed by atoms with Crippen LogP contribution < -0.4 is 5.73 Å². The summed E-state index contributed by atoms with van der Waals surface area (Å²) in [4.78, 5) is 12.4. The first kappa shape index (κ1) is 18.4. The highest BCUT2D eigenvalue weighted by molar-refractivity contribution is 7.92. The van der Waals surface area contributed by atoms with E-state index in [2.05, 4.69) is 0 Å². The molecule has 0 aliphatic carbocycles. The highest BCUT2D eigenvalue weighted by Crippen LogP contribution is 2.28. The number of carbonyl (C=O) groups excluding carboxylic acids is 1. The topological polar surface area (TPSA) is 77.2 Å². The third-order valence-corrected chi connectivity index (χ3v) is 5.47. The van der Waals surface area contributed by atoms with Gasteiger partial charge < -0.3 is 5.73 Å². The molecule has 0 fully saturated rings. The van der Waals surface area contributed by atoms with Gasteiger partial charge in [0.15, 0.2) is 15.6 Å². The first-order chi connectivity index (χ1) is 11.3. The summed E-state index contributed by atoms with van der Waals surface area (Å²) < 4.78 is 25.5. The molecule has 0 bridgehead atoms. The van der Waals surface area contributed by atoms with Gasteiger partial charge in [-0.25, -0.2) is 8.42 Å². The van der Waals surface area contributed by atoms with E-state index in [1.807, 2.05) is 44.2 Å². The van der Waals surface area contributed by atoms with Gasteiger partial charge in [-0.15, -0.1) is 0 Å². The van der Waals surface area contributed by atoms with Gasteiger partial charge in [-0.05, 0) is 24.0 Å². The zero-order chi connectivity index (χ0) is 17.7. The number of hydrogen-bond acceptors (Lipinski definition) is 4. The van der Waals surface area contributed by atoms with Crippen molar-refractivity contribution in [2.24, 2.45) is 11.7 Å². The minimum Gasteiger partial charge on any atom is -0.321 e. The molecular formula is C19H23NO3S. The van der Waals surface area contributed by atoms with Crippen molar-refractivity contribution in [1.82, 2.24) is 0 Å². The highest BCUT2D eigenvalue weighted by Gasteiger charge is 2.26. The SMILES string of the molecule is CC(C)C[C@H](N)C(=O)CS(=O)(=O)c1ccccc1-c1ccccc1. The smallest absolute Gasteiger partial charge is 0.186 e. The van der Waals surface area contributed by atoms with Crippen LogP contribution in [0.1, 0.15) is 20.3 Å². The van der Waals surface area contributed by atoms with Gasteiger partial charge in [0.1, 0.15) is 5.75 Å². The minimum absolute atomic E-state index is 0.168. The van der Waals surface area contributed by atoms with Gasteiger partial charge in [0.25, 0.3) is 0 Å². The Hall–Kier alpha value is -1.98. The number of sulfone groups is 1. The van der Waals surface area contributed by atoms with Crippen LogP contribution in [0.4, 0.5) is 0 Å². The average Bonchev–Trinajstić information content (AvgIpc) is 2.54. The van der Waals surface area contributed by atoms with Gasteiger partial charge in [-0.2, -0.15) is 0 Å². The van der Waals surface area contributed by atoms with Crippen LogP contribution in [0.3, 0.4) is 0 Å². The first-order valence-electron chi connectivity index (χ1n) is 7.97. The van der Waals surface area contributed by atoms with E-state index in [9.17, 15) is 13.2 Å². The van der Waals surface area contributed by atoms with E-state index in [-0.39, 0.29) is 10.8 Å². The quantitative estimate of drug-likeness (QED) is 0.836. The van der Waals surface area contributed by atoms with E-state index < -0.39 is 27.4 Å². The van der Waals surface area contributed by atoms with Crippen LogP contribution in [-0.4, -0.2) is 26.0 Å². The Balaban J connectivity index is 2.32. The van der Waals surface area contributed by atoms with Gasteiger partial charge in [0.2, 0.25) is 0 Å². The number of benzene rings is 2. The Bertz CT molecular complexity index is 798. The van der Waals surface area contributed by atoms with Crippen LogP contribution in [0.5, 0.6) is 0 Å². The van der Waals surface area contributed by atoms with Crippen LogP contribution in [0.15, 0.2) is 59.5 Å². The third-order valence-electron chi connectivity index (χ3n) is 3.78. The molecule has 0 heterocycles. The molecule has 4 nitrogen and oxygen atoms in total. The van der Waals surface area contributed by atoms with E-state index in [1.54, 1.807) is 24.3 Å². The summed E-state index contributed by atoms with van der Waals surface area (Å²) in [6, 6.07) is 15.3. The van der Waals surface area contributed by atoms with Crippen molar-refractivity contribution in [1.29, 1.82) is 0 Å². The molecule has 128 valence electrons. The Morgan fingerprint density at radius 2 is 1.58 bits per heavy atom. The van der Waals surface area contributed by atoms with Crippen molar-refractivity contribution >= 4 is 15.6 Å². The average molecular weight is 345 g/mol. The molecule has 0 amide bonds. The maximum absolute atomic E-state index is 12.8. The molecule has 2 aromatic carbocycles. The molecule has 0 radical (unpaired) electrons. The number of rotatable bonds is 7. The molecule has 2 rings (SSSR count). The number of ketones is 1. The van der Waals surface area contributed by atoms with Crippen LogP contribution in [0.2, 0.25) is 0 Å². The monoisotopic (exact) mass is 345 g/mol. The zero-order valence-corrected chi connectivity index (χ0v) is 14.8. The van der Waals surface area contributed by atoms with Crippen molar-refractivity contribution in [2.75, 3.05) is 5.75 Å². The Morgan fingerprint density at radius 3 is 2.21 bits per heavy atom. The second kappa shape index (κ2) is 7.73. The molecule has 0 unspecified atom stereocenters. The molecule has 2 aromatic rings. The van der Waals surface area contributed by atoms with Crippen LogP contribution >= 0.6 is 0 Å². The summed E-state index contributed by atoms with van der Waals surface area (Å²) in [5.74, 6) is -0.764. The maximum Gasteiger partial charge on any atom is 0.186 e. The Morgan fingerprint density at radius 1 is 1.00 bits per heavy atom. The first-order valence-corrected chi connectivity index (χ1v) is 9.62. The van der Waals surface area contributed by atoms with E-state index in [0.717, 1.165) is 5.56 Å². The Kier molecular flexibility index (Phi) is 5.91. The van der Waals surface area contributed by atoms with Crippen molar-refractivity contribution in [3.8, 4) is 11.1 Å². The number of Topliss-reactive ketones (excluding diaryl/α,β-unsaturated/α-hetero) is 1. The fraction of sp³-hybridized carbons (Fsp3) is 0.316. The lowest BCUT2D eigenvalue weighted by atomic mass is 10.0. The van der Waals surface area contributed by atoms with Gasteiger partial charge in [0.05, 0.1) is 10.9 Å². The van der Waals surface area contributed by atoms with E-state index in [4.69, 9.17) is 5.73 Å². The van der Waals surface area contributed by atoms with Gasteiger partial charge in [-0.3, -0.25) is 4.79 Å². The molecule has 0 spiro atoms. The molecule has 0 saturated heterocycles. The predicted molar refractivity (Wildman–Crippen MR) is 96.4 cm³/mol. The molecule has 0 saturated carbocycles. The molecule has 0 aromatic heterocycles. The van der Waals surface area contributed by atoms with Crippen molar-refractivity contribution in [3.63, 3.8) is 0 Å². The van der Waals surface area contributed by atoms with Crippen LogP contribution in [0.25, 0.3) is 11.1 Å². The fourth-order valence-electron chi connectivity index (χ4n) is 2.61. The maximum atomic E-state index is 12.8. The summed E-state index contributed by atoms with van der Waals surface area (Å²) in [5.41, 5.74) is 7.24. The number of carbonyl (C=O) groups is 1. The summed E-state index contributed by atoms with van der Waals surface area (Å²) >= 11 is 0. The van der Waals surface area contributed by atoms with Crippen molar-refractivity contribution in [3.05, 3.63) is 54.6 Å². The molecule has 0 aliphatic heterocycles. The second-order valence-corrected chi connectivity index (χ2v) is 8.28. The molecule has 5 heteroatoms. The second-order valence-electron chi connectivity index (χ2n) is 6.32. The highest BCUT2D eigenvalue weighted by atomic mass is 32.2. The van der Waals surface area contributed by atoms with Crippen molar-refractivity contribution < 1.29 is 13.2 Å². The van der Waals surface area contributed by atoms with E-state index in [0.29, 0.717) is 12.0 Å². The fourth-order valence-corrected chi connectivity index (χ4v) is 4.16. The van der Waals surface area contributed by atoms with Crippen LogP contribution in [0, 0.1) is 5.92 Å². The molecule has 2 N–H and O–H groups in total. The summed E-state index contributed by atoms with van der Waals surface area (Å²) in [6.07, 6.45) is 0.481. The minimum atomic E-state index is -3.75. The molecule has 24 heavy (non-hydrogen) atoms. The van der Waals surface area contributed by atoms with Crippen LogP contribution in [-0.2, 0) is 14.6 Å². The van der Waals surface area contributed by atoms with Gasteiger partial charge in [0, 0.05) is 5.56 Å². The number of nitrogens with two attached hydrogens (primary N) is 1. The zero-order valence-electron chi connectivity index (χ0n) is 14.0. The lowest BCUT2D eigenvalue weighted by Crippen LogP contribution is -2.36. The third kappa shape index (κ3) is 4.52. The normalized spacial score (nSPS) is 13.0. The lowest BCUT2D eigenvalue weighted by Gasteiger charge is -2.14. The van der Waals surface area contributed by atoms with E-state index in [1.165, 1.54) is 0 Å². The van der Waals surface area contributed by atoms with E-state index >= 15 is 0 Å². The molecule has 0 aliphatic rings. The van der Waals surface area contributed by atoms with Gasteiger partial charge >= 0.3 is 0 Å². The summed E-state index contributed by atoms with van der Waals surface area (Å²) in [6.45, 7) is 3.90. The Labute approximate surface area is 143 Å².